The van der Waals surface area contributed by atoms with Gasteiger partial charge in [0.15, 0.2) is 0 Å². The van der Waals surface area contributed by atoms with Gasteiger partial charge < -0.3 is 9.47 Å². The summed E-state index contributed by atoms with van der Waals surface area (Å²) in [6.07, 6.45) is 1.12. The molecule has 6 nitrogen and oxygen atoms in total. The quantitative estimate of drug-likeness (QED) is 0.632. The Kier molecular flexibility index (Phi) is 6.63. The van der Waals surface area contributed by atoms with E-state index in [1.54, 1.807) is 12.0 Å². The molecule has 2 heterocycles. The third-order valence-electron chi connectivity index (χ3n) is 6.65. The molecule has 0 bridgehead atoms. The maximum Gasteiger partial charge on any atom is 0.232 e. The minimum Gasteiger partial charge on any atom is -0.497 e. The summed E-state index contributed by atoms with van der Waals surface area (Å²) < 4.78 is 11.4. The number of rotatable bonds is 8. The number of ether oxygens (including phenoxy) is 2. The zero-order valence-corrected chi connectivity index (χ0v) is 19.1. The number of hydrogen-bond donors (Lipinski definition) is 0. The van der Waals surface area contributed by atoms with E-state index in [1.807, 2.05) is 56.3 Å². The Hall–Kier alpha value is -2.70. The smallest absolute Gasteiger partial charge is 0.232 e. The van der Waals surface area contributed by atoms with Crippen molar-refractivity contribution in [2.24, 2.45) is 5.92 Å². The summed E-state index contributed by atoms with van der Waals surface area (Å²) in [5.41, 5.74) is 1.81. The molecular weight excluding hydrogens is 404 g/mol. The molecule has 32 heavy (non-hydrogen) atoms. The number of benzene rings is 2. The molecule has 2 saturated heterocycles. The van der Waals surface area contributed by atoms with E-state index in [2.05, 4.69) is 17.0 Å². The summed E-state index contributed by atoms with van der Waals surface area (Å²) in [6.45, 7) is 6.12. The highest BCUT2D eigenvalue weighted by molar-refractivity contribution is 5.99. The van der Waals surface area contributed by atoms with Gasteiger partial charge in [0.2, 0.25) is 11.8 Å². The van der Waals surface area contributed by atoms with Crippen LogP contribution in [0.5, 0.6) is 5.75 Å². The lowest BCUT2D eigenvalue weighted by Gasteiger charge is -2.59. The van der Waals surface area contributed by atoms with Gasteiger partial charge in [-0.2, -0.15) is 0 Å². The first kappa shape index (κ1) is 22.5. The fourth-order valence-electron chi connectivity index (χ4n) is 4.91. The third-order valence-corrected chi connectivity index (χ3v) is 6.65. The molecule has 2 amide bonds. The molecule has 0 radical (unpaired) electrons. The first-order valence-electron chi connectivity index (χ1n) is 11.3. The predicted molar refractivity (Wildman–Crippen MR) is 122 cm³/mol. The van der Waals surface area contributed by atoms with Gasteiger partial charge in [-0.15, -0.1) is 0 Å². The van der Waals surface area contributed by atoms with Crippen LogP contribution in [-0.4, -0.2) is 53.5 Å². The highest BCUT2D eigenvalue weighted by atomic mass is 16.5. The van der Waals surface area contributed by atoms with Gasteiger partial charge in [0, 0.05) is 25.4 Å². The largest absolute Gasteiger partial charge is 0.497 e. The molecule has 2 aromatic rings. The van der Waals surface area contributed by atoms with Crippen molar-refractivity contribution in [3.8, 4) is 5.75 Å². The Bertz CT molecular complexity index is 944. The van der Waals surface area contributed by atoms with Gasteiger partial charge in [0.25, 0.3) is 0 Å². The summed E-state index contributed by atoms with van der Waals surface area (Å²) >= 11 is 0. The fourth-order valence-corrected chi connectivity index (χ4v) is 4.91. The lowest BCUT2D eigenvalue weighted by molar-refractivity contribution is -0.169. The maximum atomic E-state index is 13.0. The second kappa shape index (κ2) is 9.43. The molecule has 2 unspecified atom stereocenters. The molecule has 0 saturated carbocycles. The van der Waals surface area contributed by atoms with Crippen molar-refractivity contribution in [2.45, 2.75) is 51.4 Å². The van der Waals surface area contributed by atoms with Crippen LogP contribution in [0.3, 0.4) is 0 Å². The molecule has 0 N–H and O–H groups in total. The number of carbonyl (C=O) groups excluding carboxylic acids is 2. The number of imide groups is 1. The highest BCUT2D eigenvalue weighted by Gasteiger charge is 2.62. The molecular formula is C26H32N2O4. The van der Waals surface area contributed by atoms with E-state index in [9.17, 15) is 9.59 Å². The van der Waals surface area contributed by atoms with E-state index in [1.165, 1.54) is 5.56 Å². The SMILES string of the molecule is COc1ccc(CN2CC3(CCC(=O)N3C(=O)C(C)C)C2COCc2ccccc2)cc1. The number of carbonyl (C=O) groups is 2. The van der Waals surface area contributed by atoms with Gasteiger partial charge >= 0.3 is 0 Å². The van der Waals surface area contributed by atoms with E-state index in [0.717, 1.165) is 17.9 Å². The summed E-state index contributed by atoms with van der Waals surface area (Å²) in [7, 11) is 1.66. The van der Waals surface area contributed by atoms with Crippen molar-refractivity contribution >= 4 is 11.8 Å². The van der Waals surface area contributed by atoms with Crippen LogP contribution >= 0.6 is 0 Å². The molecule has 2 fully saturated rings. The molecule has 2 aliphatic rings. The van der Waals surface area contributed by atoms with Crippen LogP contribution < -0.4 is 4.74 Å². The van der Waals surface area contributed by atoms with Crippen LogP contribution in [0.4, 0.5) is 0 Å². The predicted octanol–water partition coefficient (Wildman–Crippen LogP) is 3.64. The van der Waals surface area contributed by atoms with Crippen LogP contribution in [0.2, 0.25) is 0 Å². The molecule has 170 valence electrons. The van der Waals surface area contributed by atoms with Gasteiger partial charge in [-0.1, -0.05) is 56.3 Å². The molecule has 0 aliphatic carbocycles. The van der Waals surface area contributed by atoms with Crippen LogP contribution in [0.1, 0.15) is 37.8 Å². The molecule has 4 rings (SSSR count). The normalized spacial score (nSPS) is 23.1. The van der Waals surface area contributed by atoms with Crippen LogP contribution in [0.15, 0.2) is 54.6 Å². The van der Waals surface area contributed by atoms with E-state index >= 15 is 0 Å². The summed E-state index contributed by atoms with van der Waals surface area (Å²) in [5, 5.41) is 0. The minimum absolute atomic E-state index is 0.0255. The Balaban J connectivity index is 1.52. The lowest BCUT2D eigenvalue weighted by Crippen LogP contribution is -2.76. The average Bonchev–Trinajstić information content (AvgIpc) is 3.15. The average molecular weight is 437 g/mol. The van der Waals surface area contributed by atoms with E-state index in [0.29, 0.717) is 32.6 Å². The minimum atomic E-state index is -0.471. The van der Waals surface area contributed by atoms with Crippen LogP contribution in [-0.2, 0) is 27.5 Å². The maximum absolute atomic E-state index is 13.0. The zero-order valence-electron chi connectivity index (χ0n) is 19.1. The first-order chi connectivity index (χ1) is 15.4. The van der Waals surface area contributed by atoms with Gasteiger partial charge in [0.1, 0.15) is 5.75 Å². The van der Waals surface area contributed by atoms with Crippen molar-refractivity contribution in [3.05, 3.63) is 65.7 Å². The number of amides is 2. The topological polar surface area (TPSA) is 59.1 Å². The van der Waals surface area contributed by atoms with Crippen molar-refractivity contribution in [1.82, 2.24) is 9.80 Å². The third kappa shape index (κ3) is 4.30. The Morgan fingerprint density at radius 2 is 1.81 bits per heavy atom. The zero-order chi connectivity index (χ0) is 22.7. The van der Waals surface area contributed by atoms with E-state index in [-0.39, 0.29) is 23.8 Å². The fraction of sp³-hybridized carbons (Fsp3) is 0.462. The van der Waals surface area contributed by atoms with Gasteiger partial charge in [0.05, 0.1) is 31.9 Å². The van der Waals surface area contributed by atoms with Crippen molar-refractivity contribution < 1.29 is 19.1 Å². The Morgan fingerprint density at radius 1 is 1.09 bits per heavy atom. The monoisotopic (exact) mass is 436 g/mol. The second-order valence-electron chi connectivity index (χ2n) is 9.10. The summed E-state index contributed by atoms with van der Waals surface area (Å²) in [4.78, 5) is 29.6. The van der Waals surface area contributed by atoms with E-state index in [4.69, 9.17) is 9.47 Å². The summed E-state index contributed by atoms with van der Waals surface area (Å²) in [5.74, 6) is 0.479. The molecule has 1 spiro atoms. The second-order valence-corrected chi connectivity index (χ2v) is 9.10. The van der Waals surface area contributed by atoms with E-state index < -0.39 is 5.54 Å². The van der Waals surface area contributed by atoms with Crippen LogP contribution in [0.25, 0.3) is 0 Å². The lowest BCUT2D eigenvalue weighted by atomic mass is 9.77. The van der Waals surface area contributed by atoms with Gasteiger partial charge in [-0.05, 0) is 29.7 Å². The number of likely N-dealkylation sites (tertiary alicyclic amines) is 2. The highest BCUT2D eigenvalue weighted by Crippen LogP contribution is 2.45. The first-order valence-corrected chi connectivity index (χ1v) is 11.3. The van der Waals surface area contributed by atoms with Crippen molar-refractivity contribution in [3.63, 3.8) is 0 Å². The molecule has 0 aromatic heterocycles. The number of methoxy groups -OCH3 is 1. The standard InChI is InChI=1S/C26H32N2O4/c1-19(2)25(30)28-24(29)13-14-26(28)18-27(15-20-9-11-22(31-3)12-10-20)23(26)17-32-16-21-7-5-4-6-8-21/h4-12,19,23H,13-18H2,1-3H3. The summed E-state index contributed by atoms with van der Waals surface area (Å²) in [6, 6.07) is 18.1. The molecule has 2 aromatic carbocycles. The van der Waals surface area contributed by atoms with Gasteiger partial charge in [-0.25, -0.2) is 0 Å². The van der Waals surface area contributed by atoms with Crippen LogP contribution in [0, 0.1) is 5.92 Å². The van der Waals surface area contributed by atoms with Crippen molar-refractivity contribution in [2.75, 3.05) is 20.3 Å². The van der Waals surface area contributed by atoms with Gasteiger partial charge in [-0.3, -0.25) is 19.4 Å². The molecule has 2 atom stereocenters. The Morgan fingerprint density at radius 3 is 2.47 bits per heavy atom. The molecule has 2 aliphatic heterocycles. The number of hydrogen-bond acceptors (Lipinski definition) is 5. The van der Waals surface area contributed by atoms with Crippen molar-refractivity contribution in [1.29, 1.82) is 0 Å². The molecule has 6 heteroatoms. The Labute approximate surface area is 190 Å². The number of nitrogens with zero attached hydrogens (tertiary/aromatic N) is 2.